The van der Waals surface area contributed by atoms with Gasteiger partial charge in [0.25, 0.3) is 5.91 Å². The number of hydrogen-bond acceptors (Lipinski definition) is 6. The maximum Gasteiger partial charge on any atom is 0.255 e. The van der Waals surface area contributed by atoms with Crippen molar-refractivity contribution >= 4 is 17.4 Å². The van der Waals surface area contributed by atoms with E-state index in [4.69, 9.17) is 14.2 Å². The fraction of sp³-hybridized carbons (Fsp3) is 0.368. The molecule has 1 amide bonds. The van der Waals surface area contributed by atoms with Gasteiger partial charge in [0.05, 0.1) is 21.3 Å². The van der Waals surface area contributed by atoms with E-state index in [1.54, 1.807) is 30.5 Å². The van der Waals surface area contributed by atoms with Crippen LogP contribution in [0.25, 0.3) is 0 Å². The number of anilines is 2. The number of aromatic nitrogens is 1. The average Bonchev–Trinajstić information content (AvgIpc) is 2.65. The second kappa shape index (κ2) is 8.94. The number of nitrogens with one attached hydrogen (secondary N) is 2. The van der Waals surface area contributed by atoms with Crippen molar-refractivity contribution < 1.29 is 19.0 Å². The summed E-state index contributed by atoms with van der Waals surface area (Å²) in [6, 6.07) is 6.74. The van der Waals surface area contributed by atoms with Gasteiger partial charge >= 0.3 is 0 Å². The molecule has 26 heavy (non-hydrogen) atoms. The average molecular weight is 359 g/mol. The van der Waals surface area contributed by atoms with Crippen molar-refractivity contribution in [2.75, 3.05) is 38.5 Å². The highest BCUT2D eigenvalue weighted by atomic mass is 16.5. The molecule has 0 saturated carbocycles. The first-order valence-corrected chi connectivity index (χ1v) is 8.29. The summed E-state index contributed by atoms with van der Waals surface area (Å²) in [4.78, 5) is 16.8. The fourth-order valence-corrected chi connectivity index (χ4v) is 2.33. The van der Waals surface area contributed by atoms with Gasteiger partial charge in [0, 0.05) is 36.1 Å². The van der Waals surface area contributed by atoms with Crippen molar-refractivity contribution in [3.8, 4) is 17.2 Å². The van der Waals surface area contributed by atoms with Gasteiger partial charge in [-0.3, -0.25) is 4.79 Å². The molecule has 1 aromatic heterocycles. The molecule has 7 heteroatoms. The van der Waals surface area contributed by atoms with Gasteiger partial charge in [0.1, 0.15) is 5.82 Å². The van der Waals surface area contributed by atoms with Crippen LogP contribution in [0.4, 0.5) is 11.5 Å². The van der Waals surface area contributed by atoms with E-state index in [0.717, 1.165) is 6.54 Å². The summed E-state index contributed by atoms with van der Waals surface area (Å²) in [5.41, 5.74) is 1.04. The maximum atomic E-state index is 12.6. The summed E-state index contributed by atoms with van der Waals surface area (Å²) in [7, 11) is 4.58. The fourth-order valence-electron chi connectivity index (χ4n) is 2.33. The third kappa shape index (κ3) is 4.78. The molecule has 2 N–H and O–H groups in total. The number of ether oxygens (including phenoxy) is 3. The first-order chi connectivity index (χ1) is 12.5. The summed E-state index contributed by atoms with van der Waals surface area (Å²) in [5.74, 6) is 2.29. The van der Waals surface area contributed by atoms with Gasteiger partial charge in [-0.25, -0.2) is 4.98 Å². The first-order valence-electron chi connectivity index (χ1n) is 8.29. The molecular weight excluding hydrogens is 334 g/mol. The summed E-state index contributed by atoms with van der Waals surface area (Å²) in [6.07, 6.45) is 1.60. The highest BCUT2D eigenvalue weighted by Crippen LogP contribution is 2.40. The highest BCUT2D eigenvalue weighted by Gasteiger charge is 2.15. The SMILES string of the molecule is COc1cc(NC(=O)c2ccnc(NCC(C)C)c2)cc(OC)c1OC. The number of methoxy groups -OCH3 is 3. The lowest BCUT2D eigenvalue weighted by atomic mass is 10.2. The van der Waals surface area contributed by atoms with Crippen LogP contribution < -0.4 is 24.8 Å². The molecule has 0 fully saturated rings. The van der Waals surface area contributed by atoms with Crippen LogP contribution in [0.2, 0.25) is 0 Å². The van der Waals surface area contributed by atoms with Gasteiger partial charge < -0.3 is 24.8 Å². The molecule has 0 unspecified atom stereocenters. The Morgan fingerprint density at radius 3 is 2.27 bits per heavy atom. The minimum Gasteiger partial charge on any atom is -0.493 e. The zero-order chi connectivity index (χ0) is 19.1. The van der Waals surface area contributed by atoms with E-state index in [1.807, 2.05) is 0 Å². The number of rotatable bonds is 8. The van der Waals surface area contributed by atoms with Crippen LogP contribution in [0.1, 0.15) is 24.2 Å². The smallest absolute Gasteiger partial charge is 0.255 e. The largest absolute Gasteiger partial charge is 0.493 e. The molecule has 0 aliphatic carbocycles. The molecule has 0 aliphatic heterocycles. The molecule has 0 atom stereocenters. The minimum absolute atomic E-state index is 0.255. The van der Waals surface area contributed by atoms with E-state index in [2.05, 4.69) is 29.5 Å². The van der Waals surface area contributed by atoms with Crippen LogP contribution in [0.15, 0.2) is 30.5 Å². The van der Waals surface area contributed by atoms with E-state index < -0.39 is 0 Å². The number of hydrogen-bond donors (Lipinski definition) is 2. The Labute approximate surface area is 153 Å². The Kier molecular flexibility index (Phi) is 6.66. The number of amides is 1. The molecular formula is C19H25N3O4. The van der Waals surface area contributed by atoms with Crippen LogP contribution in [0, 0.1) is 5.92 Å². The van der Waals surface area contributed by atoms with Crippen molar-refractivity contribution in [2.24, 2.45) is 5.92 Å². The summed E-state index contributed by atoms with van der Waals surface area (Å²) >= 11 is 0. The molecule has 0 radical (unpaired) electrons. The molecule has 2 rings (SSSR count). The lowest BCUT2D eigenvalue weighted by Gasteiger charge is -2.15. The van der Waals surface area contributed by atoms with Gasteiger partial charge in [-0.1, -0.05) is 13.8 Å². The lowest BCUT2D eigenvalue weighted by molar-refractivity contribution is 0.102. The Balaban J connectivity index is 2.20. The van der Waals surface area contributed by atoms with Crippen LogP contribution in [0.5, 0.6) is 17.2 Å². The molecule has 7 nitrogen and oxygen atoms in total. The monoisotopic (exact) mass is 359 g/mol. The van der Waals surface area contributed by atoms with Crippen LogP contribution in [-0.2, 0) is 0 Å². The van der Waals surface area contributed by atoms with Gasteiger partial charge in [-0.2, -0.15) is 0 Å². The minimum atomic E-state index is -0.255. The van der Waals surface area contributed by atoms with Crippen molar-refractivity contribution in [1.82, 2.24) is 4.98 Å². The number of benzene rings is 1. The lowest BCUT2D eigenvalue weighted by Crippen LogP contribution is -2.14. The summed E-state index contributed by atoms with van der Waals surface area (Å²) in [5, 5.41) is 6.05. The third-order valence-corrected chi connectivity index (χ3v) is 3.64. The molecule has 140 valence electrons. The highest BCUT2D eigenvalue weighted by molar-refractivity contribution is 6.04. The molecule has 0 bridgehead atoms. The van der Waals surface area contributed by atoms with Gasteiger partial charge in [0.15, 0.2) is 11.5 Å². The van der Waals surface area contributed by atoms with Crippen molar-refractivity contribution in [2.45, 2.75) is 13.8 Å². The molecule has 2 aromatic rings. The van der Waals surface area contributed by atoms with Crippen LogP contribution in [-0.4, -0.2) is 38.8 Å². The first kappa shape index (κ1) is 19.4. The zero-order valence-corrected chi connectivity index (χ0v) is 15.8. The van der Waals surface area contributed by atoms with E-state index >= 15 is 0 Å². The molecule has 0 aliphatic rings. The van der Waals surface area contributed by atoms with Gasteiger partial charge in [-0.15, -0.1) is 0 Å². The Morgan fingerprint density at radius 1 is 1.08 bits per heavy atom. The normalized spacial score (nSPS) is 10.4. The standard InChI is InChI=1S/C19H25N3O4/c1-12(2)11-21-17-8-13(6-7-20-17)19(23)22-14-9-15(24-3)18(26-5)16(10-14)25-4/h6-10,12H,11H2,1-5H3,(H,20,21)(H,22,23). The van der Waals surface area contributed by atoms with E-state index in [1.165, 1.54) is 21.3 Å². The molecule has 1 heterocycles. The van der Waals surface area contributed by atoms with E-state index in [-0.39, 0.29) is 5.91 Å². The predicted octanol–water partition coefficient (Wildman–Crippen LogP) is 3.43. The number of nitrogens with zero attached hydrogens (tertiary/aromatic N) is 1. The van der Waals surface area contributed by atoms with E-state index in [0.29, 0.717) is 40.2 Å². The molecule has 1 aromatic carbocycles. The maximum absolute atomic E-state index is 12.6. The topological polar surface area (TPSA) is 81.7 Å². The van der Waals surface area contributed by atoms with Gasteiger partial charge in [0.2, 0.25) is 5.75 Å². The van der Waals surface area contributed by atoms with Crippen molar-refractivity contribution in [3.05, 3.63) is 36.0 Å². The van der Waals surface area contributed by atoms with E-state index in [9.17, 15) is 4.79 Å². The summed E-state index contributed by atoms with van der Waals surface area (Å²) < 4.78 is 15.9. The number of pyridine rings is 1. The Hall–Kier alpha value is -2.96. The predicted molar refractivity (Wildman–Crippen MR) is 102 cm³/mol. The van der Waals surface area contributed by atoms with Crippen molar-refractivity contribution in [1.29, 1.82) is 0 Å². The second-order valence-corrected chi connectivity index (χ2v) is 6.07. The van der Waals surface area contributed by atoms with Gasteiger partial charge in [-0.05, 0) is 18.1 Å². The third-order valence-electron chi connectivity index (χ3n) is 3.64. The van der Waals surface area contributed by atoms with Crippen molar-refractivity contribution in [3.63, 3.8) is 0 Å². The quantitative estimate of drug-likeness (QED) is 0.751. The number of carbonyl (C=O) groups is 1. The Bertz CT molecular complexity index is 737. The second-order valence-electron chi connectivity index (χ2n) is 6.07. The van der Waals surface area contributed by atoms with Crippen LogP contribution >= 0.6 is 0 Å². The molecule has 0 saturated heterocycles. The number of carbonyl (C=O) groups excluding carboxylic acids is 1. The van der Waals surface area contributed by atoms with Crippen LogP contribution in [0.3, 0.4) is 0 Å². The summed E-state index contributed by atoms with van der Waals surface area (Å²) in [6.45, 7) is 4.99. The Morgan fingerprint density at radius 2 is 1.73 bits per heavy atom. The zero-order valence-electron chi connectivity index (χ0n) is 15.8. The molecule has 0 spiro atoms.